The minimum atomic E-state index is 0.162. The number of benzene rings is 1. The van der Waals surface area contributed by atoms with E-state index in [0.717, 1.165) is 4.47 Å². The molecule has 0 aliphatic carbocycles. The van der Waals surface area contributed by atoms with E-state index in [0.29, 0.717) is 16.4 Å². The quantitative estimate of drug-likeness (QED) is 0.875. The molecule has 15 heavy (non-hydrogen) atoms. The van der Waals surface area contributed by atoms with Crippen molar-refractivity contribution in [3.63, 3.8) is 0 Å². The number of nitrogens with zero attached hydrogens (tertiary/aromatic N) is 2. The van der Waals surface area contributed by atoms with Crippen molar-refractivity contribution < 1.29 is 5.11 Å². The molecule has 0 saturated carbocycles. The second-order valence-electron chi connectivity index (χ2n) is 2.90. The van der Waals surface area contributed by atoms with Gasteiger partial charge in [-0.15, -0.1) is 10.2 Å². The molecule has 1 N–H and O–H groups in total. The predicted octanol–water partition coefficient (Wildman–Crippen LogP) is 3.27. The maximum absolute atomic E-state index is 9.64. The summed E-state index contributed by atoms with van der Waals surface area (Å²) in [5.41, 5.74) is 1.20. The van der Waals surface area contributed by atoms with Crippen LogP contribution in [0.2, 0.25) is 5.15 Å². The zero-order valence-electron chi connectivity index (χ0n) is 7.48. The van der Waals surface area contributed by atoms with Gasteiger partial charge in [-0.25, -0.2) is 0 Å². The average molecular weight is 286 g/mol. The average Bonchev–Trinajstić information content (AvgIpc) is 2.23. The molecule has 1 heterocycles. The minimum Gasteiger partial charge on any atom is -0.507 e. The third-order valence-corrected chi connectivity index (χ3v) is 2.56. The molecule has 1 aromatic heterocycles. The van der Waals surface area contributed by atoms with Gasteiger partial charge in [-0.05, 0) is 30.3 Å². The first-order valence-corrected chi connectivity index (χ1v) is 5.32. The first-order valence-electron chi connectivity index (χ1n) is 4.15. The Hall–Kier alpha value is -1.13. The van der Waals surface area contributed by atoms with Crippen LogP contribution >= 0.6 is 27.5 Å². The number of phenols is 1. The number of hydrogen-bond acceptors (Lipinski definition) is 3. The molecule has 0 radical (unpaired) electrons. The first kappa shape index (κ1) is 10.4. The Morgan fingerprint density at radius 3 is 2.60 bits per heavy atom. The van der Waals surface area contributed by atoms with E-state index < -0.39 is 0 Å². The lowest BCUT2D eigenvalue weighted by molar-refractivity contribution is 0.477. The number of phenolic OH excluding ortho intramolecular Hbond substituents is 1. The second kappa shape index (κ2) is 4.16. The van der Waals surface area contributed by atoms with Gasteiger partial charge in [-0.3, -0.25) is 0 Å². The van der Waals surface area contributed by atoms with Gasteiger partial charge in [0.15, 0.2) is 5.15 Å². The van der Waals surface area contributed by atoms with E-state index in [4.69, 9.17) is 11.6 Å². The van der Waals surface area contributed by atoms with Crippen molar-refractivity contribution in [1.29, 1.82) is 0 Å². The summed E-state index contributed by atoms with van der Waals surface area (Å²) in [6.45, 7) is 0. The maximum Gasteiger partial charge on any atom is 0.151 e. The zero-order chi connectivity index (χ0) is 10.8. The van der Waals surface area contributed by atoms with E-state index >= 15 is 0 Å². The Labute approximate surface area is 99.9 Å². The Morgan fingerprint density at radius 1 is 1.13 bits per heavy atom. The van der Waals surface area contributed by atoms with E-state index in [1.807, 2.05) is 0 Å². The second-order valence-corrected chi connectivity index (χ2v) is 4.21. The van der Waals surface area contributed by atoms with Crippen molar-refractivity contribution in [1.82, 2.24) is 10.2 Å². The van der Waals surface area contributed by atoms with Crippen molar-refractivity contribution >= 4 is 27.5 Å². The van der Waals surface area contributed by atoms with E-state index in [1.54, 1.807) is 30.3 Å². The molecular weight excluding hydrogens is 279 g/mol. The van der Waals surface area contributed by atoms with Gasteiger partial charge in [-0.1, -0.05) is 27.5 Å². The summed E-state index contributed by atoms with van der Waals surface area (Å²) in [5, 5.41) is 17.6. The van der Waals surface area contributed by atoms with Crippen LogP contribution in [0, 0.1) is 0 Å². The Bertz CT molecular complexity index is 487. The van der Waals surface area contributed by atoms with Crippen LogP contribution in [0.3, 0.4) is 0 Å². The fourth-order valence-corrected chi connectivity index (χ4v) is 1.63. The van der Waals surface area contributed by atoms with Gasteiger partial charge in [0, 0.05) is 10.0 Å². The Balaban J connectivity index is 2.53. The summed E-state index contributed by atoms with van der Waals surface area (Å²) in [4.78, 5) is 0. The summed E-state index contributed by atoms with van der Waals surface area (Å²) in [6, 6.07) is 8.45. The smallest absolute Gasteiger partial charge is 0.151 e. The largest absolute Gasteiger partial charge is 0.507 e. The summed E-state index contributed by atoms with van der Waals surface area (Å²) in [6.07, 6.45) is 0. The van der Waals surface area contributed by atoms with Crippen LogP contribution in [0.25, 0.3) is 11.3 Å². The first-order chi connectivity index (χ1) is 7.16. The molecule has 5 heteroatoms. The highest BCUT2D eigenvalue weighted by molar-refractivity contribution is 9.10. The Morgan fingerprint density at radius 2 is 1.93 bits per heavy atom. The molecule has 0 aliphatic heterocycles. The van der Waals surface area contributed by atoms with Crippen LogP contribution < -0.4 is 0 Å². The predicted molar refractivity (Wildman–Crippen MR) is 61.8 cm³/mol. The van der Waals surface area contributed by atoms with Crippen LogP contribution in [0.5, 0.6) is 5.75 Å². The molecule has 2 aromatic rings. The van der Waals surface area contributed by atoms with E-state index in [1.165, 1.54) is 0 Å². The highest BCUT2D eigenvalue weighted by Crippen LogP contribution is 2.30. The lowest BCUT2D eigenvalue weighted by atomic mass is 10.1. The van der Waals surface area contributed by atoms with Gasteiger partial charge in [0.05, 0.1) is 5.69 Å². The summed E-state index contributed by atoms with van der Waals surface area (Å²) in [7, 11) is 0. The van der Waals surface area contributed by atoms with Crippen LogP contribution in [0.15, 0.2) is 34.8 Å². The van der Waals surface area contributed by atoms with Gasteiger partial charge in [0.2, 0.25) is 0 Å². The van der Waals surface area contributed by atoms with Gasteiger partial charge >= 0.3 is 0 Å². The van der Waals surface area contributed by atoms with E-state index in [-0.39, 0.29) is 5.75 Å². The Kier molecular flexibility index (Phi) is 2.88. The lowest BCUT2D eigenvalue weighted by Gasteiger charge is -2.03. The fraction of sp³-hybridized carbons (Fsp3) is 0. The number of halogens is 2. The highest BCUT2D eigenvalue weighted by Gasteiger charge is 2.06. The molecule has 0 bridgehead atoms. The van der Waals surface area contributed by atoms with Gasteiger partial charge < -0.3 is 5.11 Å². The van der Waals surface area contributed by atoms with Crippen LogP contribution in [0.4, 0.5) is 0 Å². The fourth-order valence-electron chi connectivity index (χ4n) is 1.17. The van der Waals surface area contributed by atoms with Crippen LogP contribution in [-0.4, -0.2) is 15.3 Å². The third-order valence-electron chi connectivity index (χ3n) is 1.87. The SMILES string of the molecule is Oc1ccc(Br)cc1-c1ccc(Cl)nn1. The summed E-state index contributed by atoms with van der Waals surface area (Å²) in [5.74, 6) is 0.162. The van der Waals surface area contributed by atoms with E-state index in [2.05, 4.69) is 26.1 Å². The topological polar surface area (TPSA) is 46.0 Å². The molecule has 0 unspecified atom stereocenters. The molecule has 0 atom stereocenters. The molecule has 2 rings (SSSR count). The maximum atomic E-state index is 9.64. The van der Waals surface area contributed by atoms with Crippen molar-refractivity contribution in [2.45, 2.75) is 0 Å². The molecule has 0 spiro atoms. The number of rotatable bonds is 1. The van der Waals surface area contributed by atoms with E-state index in [9.17, 15) is 5.11 Å². The van der Waals surface area contributed by atoms with Crippen molar-refractivity contribution in [3.05, 3.63) is 40.0 Å². The van der Waals surface area contributed by atoms with Crippen LogP contribution in [0.1, 0.15) is 0 Å². The molecule has 3 nitrogen and oxygen atoms in total. The zero-order valence-corrected chi connectivity index (χ0v) is 9.83. The van der Waals surface area contributed by atoms with Gasteiger partial charge in [0.25, 0.3) is 0 Å². The molecule has 0 saturated heterocycles. The van der Waals surface area contributed by atoms with Crippen molar-refractivity contribution in [2.24, 2.45) is 0 Å². The van der Waals surface area contributed by atoms with Crippen molar-refractivity contribution in [2.75, 3.05) is 0 Å². The van der Waals surface area contributed by atoms with Gasteiger partial charge in [0.1, 0.15) is 5.75 Å². The molecular formula is C10H6BrClN2O. The third kappa shape index (κ3) is 2.27. The number of aromatic hydroxyl groups is 1. The minimum absolute atomic E-state index is 0.162. The normalized spacial score (nSPS) is 10.3. The number of aromatic nitrogens is 2. The monoisotopic (exact) mass is 284 g/mol. The highest BCUT2D eigenvalue weighted by atomic mass is 79.9. The van der Waals surface area contributed by atoms with Crippen LogP contribution in [-0.2, 0) is 0 Å². The standard InChI is InChI=1S/C10H6BrClN2O/c11-6-1-3-9(15)7(5-6)8-2-4-10(12)14-13-8/h1-5,15H. The summed E-state index contributed by atoms with van der Waals surface area (Å²) >= 11 is 8.95. The molecule has 76 valence electrons. The summed E-state index contributed by atoms with van der Waals surface area (Å²) < 4.78 is 0.868. The lowest BCUT2D eigenvalue weighted by Crippen LogP contribution is -1.87. The molecule has 0 amide bonds. The molecule has 1 aromatic carbocycles. The van der Waals surface area contributed by atoms with Gasteiger partial charge in [-0.2, -0.15) is 0 Å². The van der Waals surface area contributed by atoms with Crippen molar-refractivity contribution in [3.8, 4) is 17.0 Å². The number of hydrogen-bond donors (Lipinski definition) is 1. The molecule has 0 aliphatic rings. The molecule has 0 fully saturated rings.